The summed E-state index contributed by atoms with van der Waals surface area (Å²) in [5.74, 6) is -0.532. The lowest BCUT2D eigenvalue weighted by Gasteiger charge is -2.23. The van der Waals surface area contributed by atoms with Crippen LogP contribution < -0.4 is 9.80 Å². The summed E-state index contributed by atoms with van der Waals surface area (Å²) in [4.78, 5) is 26.0. The van der Waals surface area contributed by atoms with Crippen LogP contribution in [0.5, 0.6) is 0 Å². The number of hydrogen-bond donors (Lipinski definition) is 0. The molecule has 0 bridgehead atoms. The Kier molecular flexibility index (Phi) is 10.8. The number of halogens is 1. The number of nitrogens with zero attached hydrogens (tertiary/aromatic N) is 4. The number of hydrogen-bond acceptors (Lipinski definition) is 5. The van der Waals surface area contributed by atoms with Crippen molar-refractivity contribution in [2.24, 2.45) is 0 Å². The van der Waals surface area contributed by atoms with Crippen LogP contribution in [0.2, 0.25) is 0 Å². The first-order valence-corrected chi connectivity index (χ1v) is 12.2. The normalized spacial score (nSPS) is 10.3. The van der Waals surface area contributed by atoms with E-state index in [-0.39, 0.29) is 11.7 Å². The Bertz CT molecular complexity index is 931. The van der Waals surface area contributed by atoms with Crippen LogP contribution in [0, 0.1) is 5.82 Å². The van der Waals surface area contributed by atoms with Gasteiger partial charge in [0.1, 0.15) is 5.82 Å². The summed E-state index contributed by atoms with van der Waals surface area (Å²) in [6, 6.07) is 9.40. The zero-order valence-corrected chi connectivity index (χ0v) is 20.2. The number of thiazole rings is 1. The standard InChI is InChI=1S/C23H27FN4OS.C2H6/c1-3-5-14-27(13-4-2)23-26-20(17-30-23)16-28(21-10-8-19(24)9-11-21)22(29)18-7-6-12-25-15-18;1-2/h6-12,15,17H,3-5,13-14,16H2,1-2H3;1-2H3. The van der Waals surface area contributed by atoms with Crippen LogP contribution in [0.4, 0.5) is 15.2 Å². The quantitative estimate of drug-likeness (QED) is 0.346. The Morgan fingerprint density at radius 2 is 1.81 bits per heavy atom. The average molecular weight is 457 g/mol. The molecule has 0 aliphatic carbocycles. The molecule has 3 aromatic rings. The molecule has 7 heteroatoms. The van der Waals surface area contributed by atoms with Crippen LogP contribution in [0.25, 0.3) is 0 Å². The van der Waals surface area contributed by atoms with Crippen LogP contribution in [0.3, 0.4) is 0 Å². The van der Waals surface area contributed by atoms with Gasteiger partial charge >= 0.3 is 0 Å². The van der Waals surface area contributed by atoms with Crippen molar-refractivity contribution < 1.29 is 9.18 Å². The Balaban J connectivity index is 0.00000176. The van der Waals surface area contributed by atoms with Crippen molar-refractivity contribution in [3.63, 3.8) is 0 Å². The molecule has 0 aliphatic heterocycles. The molecule has 0 fully saturated rings. The molecule has 0 unspecified atom stereocenters. The topological polar surface area (TPSA) is 49.3 Å². The first-order chi connectivity index (χ1) is 15.6. The van der Waals surface area contributed by atoms with Crippen molar-refractivity contribution in [2.45, 2.75) is 53.5 Å². The highest BCUT2D eigenvalue weighted by atomic mass is 32.1. The second kappa shape index (κ2) is 13.6. The first-order valence-electron chi connectivity index (χ1n) is 11.3. The van der Waals surface area contributed by atoms with Crippen molar-refractivity contribution in [3.8, 4) is 0 Å². The first kappa shape index (κ1) is 25.5. The van der Waals surface area contributed by atoms with Crippen molar-refractivity contribution in [3.05, 3.63) is 71.2 Å². The van der Waals surface area contributed by atoms with Gasteiger partial charge in [0, 0.05) is 36.6 Å². The predicted octanol–water partition coefficient (Wildman–Crippen LogP) is 6.57. The van der Waals surface area contributed by atoms with Gasteiger partial charge in [0.15, 0.2) is 5.13 Å². The fraction of sp³-hybridized carbons (Fsp3) is 0.400. The van der Waals surface area contributed by atoms with Gasteiger partial charge in [0.05, 0.1) is 17.8 Å². The van der Waals surface area contributed by atoms with Gasteiger partial charge in [0.2, 0.25) is 0 Å². The molecule has 0 aliphatic rings. The second-order valence-corrected chi connectivity index (χ2v) is 7.91. The van der Waals surface area contributed by atoms with E-state index in [9.17, 15) is 9.18 Å². The van der Waals surface area contributed by atoms with E-state index in [1.54, 1.807) is 52.9 Å². The highest BCUT2D eigenvalue weighted by Gasteiger charge is 2.20. The minimum Gasteiger partial charge on any atom is -0.348 e. The molecule has 1 amide bonds. The minimum atomic E-state index is -0.338. The van der Waals surface area contributed by atoms with E-state index in [2.05, 4.69) is 23.7 Å². The summed E-state index contributed by atoms with van der Waals surface area (Å²) < 4.78 is 13.4. The highest BCUT2D eigenvalue weighted by Crippen LogP contribution is 2.25. The van der Waals surface area contributed by atoms with Gasteiger partial charge < -0.3 is 9.80 Å². The van der Waals surface area contributed by atoms with Crippen LogP contribution >= 0.6 is 11.3 Å². The Labute approximate surface area is 194 Å². The Morgan fingerprint density at radius 1 is 1.06 bits per heavy atom. The molecule has 0 N–H and O–H groups in total. The van der Waals surface area contributed by atoms with Gasteiger partial charge in [-0.2, -0.15) is 0 Å². The van der Waals surface area contributed by atoms with Crippen LogP contribution in [-0.4, -0.2) is 29.0 Å². The van der Waals surface area contributed by atoms with Crippen molar-refractivity contribution in [1.29, 1.82) is 0 Å². The maximum absolute atomic E-state index is 13.4. The predicted molar refractivity (Wildman–Crippen MR) is 132 cm³/mol. The van der Waals surface area contributed by atoms with E-state index in [1.807, 2.05) is 19.2 Å². The maximum Gasteiger partial charge on any atom is 0.260 e. The van der Waals surface area contributed by atoms with E-state index in [1.165, 1.54) is 12.1 Å². The molecule has 0 saturated heterocycles. The van der Waals surface area contributed by atoms with Gasteiger partial charge in [-0.05, 0) is 49.2 Å². The molecule has 0 radical (unpaired) electrons. The third-order valence-electron chi connectivity index (χ3n) is 4.70. The lowest BCUT2D eigenvalue weighted by Crippen LogP contribution is -2.31. The Hall–Kier alpha value is -2.80. The average Bonchev–Trinajstić information content (AvgIpc) is 3.31. The minimum absolute atomic E-state index is 0.194. The summed E-state index contributed by atoms with van der Waals surface area (Å²) in [7, 11) is 0. The number of pyridine rings is 1. The number of benzene rings is 1. The molecule has 0 spiro atoms. The summed E-state index contributed by atoms with van der Waals surface area (Å²) in [5.41, 5.74) is 1.92. The fourth-order valence-corrected chi connectivity index (χ4v) is 4.01. The molecule has 172 valence electrons. The fourth-order valence-electron chi connectivity index (χ4n) is 3.14. The second-order valence-electron chi connectivity index (χ2n) is 7.07. The third-order valence-corrected chi connectivity index (χ3v) is 5.65. The smallest absolute Gasteiger partial charge is 0.260 e. The van der Waals surface area contributed by atoms with E-state index >= 15 is 0 Å². The molecular formula is C25H33FN4OS. The van der Waals surface area contributed by atoms with Crippen LogP contribution in [0.1, 0.15) is 63.0 Å². The number of rotatable bonds is 10. The molecule has 0 atom stereocenters. The number of unbranched alkanes of at least 4 members (excludes halogenated alkanes) is 1. The number of carbonyl (C=O) groups is 1. The van der Waals surface area contributed by atoms with Crippen molar-refractivity contribution in [1.82, 2.24) is 9.97 Å². The van der Waals surface area contributed by atoms with E-state index in [0.717, 1.165) is 43.2 Å². The molecule has 2 heterocycles. The lowest BCUT2D eigenvalue weighted by molar-refractivity contribution is 0.0984. The lowest BCUT2D eigenvalue weighted by atomic mass is 10.2. The summed E-state index contributed by atoms with van der Waals surface area (Å²) in [6.07, 6.45) is 6.48. The third kappa shape index (κ3) is 7.12. The maximum atomic E-state index is 13.4. The molecule has 32 heavy (non-hydrogen) atoms. The molecule has 5 nitrogen and oxygen atoms in total. The highest BCUT2D eigenvalue weighted by molar-refractivity contribution is 7.13. The van der Waals surface area contributed by atoms with Gasteiger partial charge in [-0.25, -0.2) is 9.37 Å². The number of carbonyl (C=O) groups excluding carboxylic acids is 1. The summed E-state index contributed by atoms with van der Waals surface area (Å²) in [5, 5.41) is 2.98. The van der Waals surface area contributed by atoms with Crippen LogP contribution in [0.15, 0.2) is 54.2 Å². The van der Waals surface area contributed by atoms with Gasteiger partial charge in [-0.15, -0.1) is 11.3 Å². The number of anilines is 2. The van der Waals surface area contributed by atoms with E-state index in [4.69, 9.17) is 4.98 Å². The molecular weight excluding hydrogens is 423 g/mol. The SMILES string of the molecule is CC.CCCCN(CCC)c1nc(CN(C(=O)c2cccnc2)c2ccc(F)cc2)cs1. The van der Waals surface area contributed by atoms with Crippen molar-refractivity contribution >= 4 is 28.1 Å². The van der Waals surface area contributed by atoms with Gasteiger partial charge in [-0.1, -0.05) is 34.1 Å². The largest absolute Gasteiger partial charge is 0.348 e. The van der Waals surface area contributed by atoms with Gasteiger partial charge in [-0.3, -0.25) is 9.78 Å². The van der Waals surface area contributed by atoms with E-state index < -0.39 is 0 Å². The zero-order chi connectivity index (χ0) is 23.3. The molecule has 1 aromatic carbocycles. The monoisotopic (exact) mass is 456 g/mol. The molecule has 3 rings (SSSR count). The van der Waals surface area contributed by atoms with Crippen LogP contribution in [-0.2, 0) is 6.54 Å². The Morgan fingerprint density at radius 3 is 2.44 bits per heavy atom. The van der Waals surface area contributed by atoms with Crippen molar-refractivity contribution in [2.75, 3.05) is 22.9 Å². The number of amides is 1. The summed E-state index contributed by atoms with van der Waals surface area (Å²) >= 11 is 1.60. The van der Waals surface area contributed by atoms with E-state index in [0.29, 0.717) is 17.8 Å². The summed E-state index contributed by atoms with van der Waals surface area (Å²) in [6.45, 7) is 10.6. The number of aromatic nitrogens is 2. The molecule has 2 aromatic heterocycles. The zero-order valence-electron chi connectivity index (χ0n) is 19.4. The van der Waals surface area contributed by atoms with Gasteiger partial charge in [0.25, 0.3) is 5.91 Å². The molecule has 0 saturated carbocycles.